The highest BCUT2D eigenvalue weighted by atomic mass is 16.5. The molecule has 2 N–H and O–H groups in total. The fourth-order valence-electron chi connectivity index (χ4n) is 3.58. The zero-order valence-corrected chi connectivity index (χ0v) is 16.9. The minimum absolute atomic E-state index is 0.103. The first-order valence-corrected chi connectivity index (χ1v) is 9.59. The average Bonchev–Trinajstić information content (AvgIpc) is 3.18. The highest BCUT2D eigenvalue weighted by Gasteiger charge is 2.15. The first kappa shape index (κ1) is 19.5. The number of hydrogen-bond donors (Lipinski definition) is 2. The Balaban J connectivity index is 1.87. The third-order valence-electron chi connectivity index (χ3n) is 5.12. The van der Waals surface area contributed by atoms with Crippen LogP contribution in [0.2, 0.25) is 0 Å². The summed E-state index contributed by atoms with van der Waals surface area (Å²) in [6.07, 6.45) is 0. The molecule has 0 radical (unpaired) electrons. The van der Waals surface area contributed by atoms with Gasteiger partial charge in [-0.05, 0) is 54.1 Å². The van der Waals surface area contributed by atoms with E-state index in [0.29, 0.717) is 18.0 Å². The van der Waals surface area contributed by atoms with Gasteiger partial charge in [0.15, 0.2) is 23.0 Å². The highest BCUT2D eigenvalue weighted by molar-refractivity contribution is 5.73. The summed E-state index contributed by atoms with van der Waals surface area (Å²) in [4.78, 5) is 0. The Kier molecular flexibility index (Phi) is 5.35. The summed E-state index contributed by atoms with van der Waals surface area (Å²) in [5.41, 5.74) is 4.99. The number of phenols is 2. The molecule has 0 aliphatic carbocycles. The zero-order chi connectivity index (χ0) is 21.1. The van der Waals surface area contributed by atoms with Gasteiger partial charge in [-0.3, -0.25) is 0 Å². The standard InChI is InChI=1S/C25H23NO4/c1-29-24-14-18(8-12-22(24)27)20-10-11-21(19-9-13-23(28)25(15-19)30-2)26(20)16-17-6-4-3-5-7-17/h3-15,27-28H,16H2,1-2H3. The van der Waals surface area contributed by atoms with Gasteiger partial charge in [0, 0.05) is 29.1 Å². The van der Waals surface area contributed by atoms with E-state index in [2.05, 4.69) is 16.7 Å². The minimum Gasteiger partial charge on any atom is -0.504 e. The molecule has 0 bridgehead atoms. The minimum atomic E-state index is 0.103. The normalized spacial score (nSPS) is 10.7. The van der Waals surface area contributed by atoms with Gasteiger partial charge in [0.2, 0.25) is 0 Å². The molecular weight excluding hydrogens is 378 g/mol. The van der Waals surface area contributed by atoms with Gasteiger partial charge in [-0.2, -0.15) is 0 Å². The first-order valence-electron chi connectivity index (χ1n) is 9.59. The molecule has 0 aliphatic rings. The van der Waals surface area contributed by atoms with Gasteiger partial charge in [-0.25, -0.2) is 0 Å². The van der Waals surface area contributed by atoms with Crippen molar-refractivity contribution in [3.63, 3.8) is 0 Å². The van der Waals surface area contributed by atoms with Crippen molar-refractivity contribution >= 4 is 0 Å². The van der Waals surface area contributed by atoms with Gasteiger partial charge in [0.25, 0.3) is 0 Å². The third kappa shape index (κ3) is 3.70. The monoisotopic (exact) mass is 401 g/mol. The number of aromatic nitrogens is 1. The molecule has 0 fully saturated rings. The number of ether oxygens (including phenoxy) is 2. The molecule has 152 valence electrons. The predicted molar refractivity (Wildman–Crippen MR) is 117 cm³/mol. The van der Waals surface area contributed by atoms with Crippen molar-refractivity contribution in [2.45, 2.75) is 6.54 Å². The first-order chi connectivity index (χ1) is 14.6. The van der Waals surface area contributed by atoms with Crippen LogP contribution in [0, 0.1) is 0 Å². The van der Waals surface area contributed by atoms with E-state index in [1.807, 2.05) is 54.6 Å². The van der Waals surface area contributed by atoms with Crippen molar-refractivity contribution in [3.05, 3.63) is 84.4 Å². The Labute approximate surface area is 175 Å². The molecule has 4 aromatic rings. The number of aromatic hydroxyl groups is 2. The van der Waals surface area contributed by atoms with Crippen LogP contribution < -0.4 is 9.47 Å². The molecule has 4 rings (SSSR count). The third-order valence-corrected chi connectivity index (χ3v) is 5.12. The van der Waals surface area contributed by atoms with Crippen molar-refractivity contribution < 1.29 is 19.7 Å². The second-order valence-electron chi connectivity index (χ2n) is 6.95. The van der Waals surface area contributed by atoms with Gasteiger partial charge in [-0.1, -0.05) is 30.3 Å². The number of methoxy groups -OCH3 is 2. The molecule has 0 saturated heterocycles. The molecule has 0 aliphatic heterocycles. The molecule has 1 heterocycles. The lowest BCUT2D eigenvalue weighted by Gasteiger charge is -2.16. The molecule has 30 heavy (non-hydrogen) atoms. The Morgan fingerprint density at radius 2 is 1.17 bits per heavy atom. The molecule has 1 aromatic heterocycles. The molecule has 0 atom stereocenters. The maximum Gasteiger partial charge on any atom is 0.161 e. The van der Waals surface area contributed by atoms with Crippen LogP contribution in [0.15, 0.2) is 78.9 Å². The van der Waals surface area contributed by atoms with E-state index >= 15 is 0 Å². The largest absolute Gasteiger partial charge is 0.504 e. The summed E-state index contributed by atoms with van der Waals surface area (Å²) in [6.45, 7) is 0.658. The Bertz CT molecular complexity index is 1090. The molecule has 0 amide bonds. The summed E-state index contributed by atoms with van der Waals surface area (Å²) in [6, 6.07) is 25.0. The molecule has 0 unspecified atom stereocenters. The number of hydrogen-bond acceptors (Lipinski definition) is 4. The van der Waals surface area contributed by atoms with E-state index in [4.69, 9.17) is 9.47 Å². The van der Waals surface area contributed by atoms with Gasteiger partial charge in [0.1, 0.15) is 0 Å². The van der Waals surface area contributed by atoms with Crippen molar-refractivity contribution in [2.24, 2.45) is 0 Å². The SMILES string of the molecule is COc1cc(-c2ccc(-c3ccc(O)c(OC)c3)n2Cc2ccccc2)ccc1O. The van der Waals surface area contributed by atoms with E-state index in [1.54, 1.807) is 12.1 Å². The van der Waals surface area contributed by atoms with Gasteiger partial charge < -0.3 is 24.3 Å². The van der Waals surface area contributed by atoms with Gasteiger partial charge in [0.05, 0.1) is 14.2 Å². The van der Waals surface area contributed by atoms with E-state index < -0.39 is 0 Å². The summed E-state index contributed by atoms with van der Waals surface area (Å²) in [5, 5.41) is 20.0. The Morgan fingerprint density at radius 3 is 1.63 bits per heavy atom. The van der Waals surface area contributed by atoms with E-state index in [0.717, 1.165) is 28.1 Å². The average molecular weight is 401 g/mol. The van der Waals surface area contributed by atoms with Crippen LogP contribution in [-0.2, 0) is 6.54 Å². The summed E-state index contributed by atoms with van der Waals surface area (Å²) < 4.78 is 12.8. The fraction of sp³-hybridized carbons (Fsp3) is 0.120. The van der Waals surface area contributed by atoms with Crippen LogP contribution in [0.1, 0.15) is 5.56 Å². The maximum absolute atomic E-state index is 9.98. The van der Waals surface area contributed by atoms with Gasteiger partial charge >= 0.3 is 0 Å². The topological polar surface area (TPSA) is 63.8 Å². The van der Waals surface area contributed by atoms with Crippen LogP contribution in [-0.4, -0.2) is 29.0 Å². The number of nitrogens with zero attached hydrogens (tertiary/aromatic N) is 1. The second-order valence-corrected chi connectivity index (χ2v) is 6.95. The molecule has 0 saturated carbocycles. The van der Waals surface area contributed by atoms with Crippen molar-refractivity contribution in [1.82, 2.24) is 4.57 Å². The zero-order valence-electron chi connectivity index (χ0n) is 16.9. The van der Waals surface area contributed by atoms with Crippen LogP contribution in [0.4, 0.5) is 0 Å². The van der Waals surface area contributed by atoms with E-state index in [1.165, 1.54) is 14.2 Å². The fourth-order valence-corrected chi connectivity index (χ4v) is 3.58. The smallest absolute Gasteiger partial charge is 0.161 e. The quantitative estimate of drug-likeness (QED) is 0.460. The molecule has 3 aromatic carbocycles. The Hall–Kier alpha value is -3.86. The molecule has 0 spiro atoms. The second kappa shape index (κ2) is 8.25. The lowest BCUT2D eigenvalue weighted by Crippen LogP contribution is -2.04. The lowest BCUT2D eigenvalue weighted by molar-refractivity contribution is 0.373. The van der Waals surface area contributed by atoms with Gasteiger partial charge in [-0.15, -0.1) is 0 Å². The van der Waals surface area contributed by atoms with E-state index in [-0.39, 0.29) is 11.5 Å². The predicted octanol–water partition coefficient (Wildman–Crippen LogP) is 5.30. The summed E-state index contributed by atoms with van der Waals surface area (Å²) >= 11 is 0. The Morgan fingerprint density at radius 1 is 0.667 bits per heavy atom. The number of phenolic OH excluding ortho intramolecular Hbond substituents is 2. The molecular formula is C25H23NO4. The summed E-state index contributed by atoms with van der Waals surface area (Å²) in [7, 11) is 3.08. The van der Waals surface area contributed by atoms with Crippen molar-refractivity contribution in [3.8, 4) is 45.5 Å². The van der Waals surface area contributed by atoms with E-state index in [9.17, 15) is 10.2 Å². The van der Waals surface area contributed by atoms with Crippen molar-refractivity contribution in [2.75, 3.05) is 14.2 Å². The number of rotatable bonds is 6. The van der Waals surface area contributed by atoms with Crippen LogP contribution in [0.5, 0.6) is 23.0 Å². The molecule has 5 nitrogen and oxygen atoms in total. The van der Waals surface area contributed by atoms with Crippen LogP contribution in [0.3, 0.4) is 0 Å². The molecule has 5 heteroatoms. The van der Waals surface area contributed by atoms with Crippen LogP contribution >= 0.6 is 0 Å². The van der Waals surface area contributed by atoms with Crippen molar-refractivity contribution in [1.29, 1.82) is 0 Å². The highest BCUT2D eigenvalue weighted by Crippen LogP contribution is 2.37. The number of benzene rings is 3. The maximum atomic E-state index is 9.98. The van der Waals surface area contributed by atoms with Crippen LogP contribution in [0.25, 0.3) is 22.5 Å². The lowest BCUT2D eigenvalue weighted by atomic mass is 10.1. The summed E-state index contributed by atoms with van der Waals surface area (Å²) in [5.74, 6) is 1.05.